The number of nitrogens with zero attached hydrogens (tertiary/aromatic N) is 1. The highest BCUT2D eigenvalue weighted by atomic mass is 32.2. The molecule has 4 rings (SSSR count). The van der Waals surface area contributed by atoms with Crippen LogP contribution in [0.3, 0.4) is 0 Å². The molecule has 0 spiro atoms. The number of aromatic nitrogens is 1. The Labute approximate surface area is 211 Å². The van der Waals surface area contributed by atoms with E-state index in [0.717, 1.165) is 27.1 Å². The Morgan fingerprint density at radius 3 is 2.40 bits per heavy atom. The molecule has 1 unspecified atom stereocenters. The zero-order valence-corrected chi connectivity index (χ0v) is 20.4. The highest BCUT2D eigenvalue weighted by Crippen LogP contribution is 2.44. The van der Waals surface area contributed by atoms with Crippen molar-refractivity contribution in [2.24, 2.45) is 0 Å². The molecule has 1 aromatic heterocycles. The van der Waals surface area contributed by atoms with Gasteiger partial charge in [-0.05, 0) is 22.3 Å². The number of hydrogen-bond donors (Lipinski definition) is 3. The first-order valence-electron chi connectivity index (χ1n) is 11.1. The number of fused-ring (bicyclic) bond motifs is 3. The summed E-state index contributed by atoms with van der Waals surface area (Å²) in [6.07, 6.45) is 1.27. The predicted molar refractivity (Wildman–Crippen MR) is 136 cm³/mol. The van der Waals surface area contributed by atoms with E-state index in [1.807, 2.05) is 36.4 Å². The number of carbonyl (C=O) groups excluding carboxylic acids is 2. The van der Waals surface area contributed by atoms with Crippen LogP contribution in [0.15, 0.2) is 60.2 Å². The Bertz CT molecular complexity index is 1140. The van der Waals surface area contributed by atoms with Gasteiger partial charge in [0.15, 0.2) is 0 Å². The maximum Gasteiger partial charge on any atom is 0.407 e. The fourth-order valence-corrected chi connectivity index (χ4v) is 5.27. The lowest BCUT2D eigenvalue weighted by Gasteiger charge is -2.19. The molecule has 1 heterocycles. The summed E-state index contributed by atoms with van der Waals surface area (Å²) in [5.41, 5.74) is 6.17. The van der Waals surface area contributed by atoms with Gasteiger partial charge in [-0.25, -0.2) is 4.79 Å². The van der Waals surface area contributed by atoms with Crippen molar-refractivity contribution in [1.82, 2.24) is 15.6 Å². The number of thiazole rings is 1. The normalized spacial score (nSPS) is 12.9. The fraction of sp³-hybridized carbons (Fsp3) is 0.280. The van der Waals surface area contributed by atoms with Gasteiger partial charge in [-0.3, -0.25) is 14.6 Å². The summed E-state index contributed by atoms with van der Waals surface area (Å²) in [7, 11) is 0. The van der Waals surface area contributed by atoms with E-state index >= 15 is 0 Å². The SMILES string of the molecule is O=C(O)CSCCNC(=O)C(Cc1cncs1)NC(=O)OCC1c2ccccc2-c2ccccc21. The predicted octanol–water partition coefficient (Wildman–Crippen LogP) is 3.53. The average molecular weight is 512 g/mol. The number of amides is 2. The number of benzene rings is 2. The van der Waals surface area contributed by atoms with Crippen LogP contribution in [-0.4, -0.2) is 58.8 Å². The number of aliphatic carboxylic acids is 1. The van der Waals surface area contributed by atoms with Gasteiger partial charge in [0.2, 0.25) is 5.91 Å². The highest BCUT2D eigenvalue weighted by Gasteiger charge is 2.30. The Hall–Kier alpha value is -3.37. The summed E-state index contributed by atoms with van der Waals surface area (Å²) >= 11 is 2.61. The third kappa shape index (κ3) is 6.40. The Balaban J connectivity index is 1.36. The van der Waals surface area contributed by atoms with Crippen LogP contribution in [0.4, 0.5) is 4.79 Å². The molecular formula is C25H25N3O5S2. The first kappa shape index (κ1) is 24.7. The van der Waals surface area contributed by atoms with Crippen molar-refractivity contribution in [1.29, 1.82) is 0 Å². The Morgan fingerprint density at radius 2 is 1.77 bits per heavy atom. The first-order valence-corrected chi connectivity index (χ1v) is 13.1. The van der Waals surface area contributed by atoms with E-state index in [1.165, 1.54) is 23.1 Å². The number of carboxylic acid groups (broad SMARTS) is 1. The second kappa shape index (κ2) is 11.9. The molecule has 2 aromatic carbocycles. The summed E-state index contributed by atoms with van der Waals surface area (Å²) in [5.74, 6) is -0.911. The van der Waals surface area contributed by atoms with Crippen LogP contribution in [0.1, 0.15) is 21.9 Å². The van der Waals surface area contributed by atoms with Crippen LogP contribution in [0.2, 0.25) is 0 Å². The molecule has 0 fully saturated rings. The van der Waals surface area contributed by atoms with Crippen molar-refractivity contribution in [3.8, 4) is 11.1 Å². The minimum Gasteiger partial charge on any atom is -0.481 e. The number of nitrogens with one attached hydrogen (secondary N) is 2. The molecule has 0 radical (unpaired) electrons. The number of alkyl carbamates (subject to hydrolysis) is 1. The molecule has 3 aromatic rings. The van der Waals surface area contributed by atoms with E-state index in [4.69, 9.17) is 9.84 Å². The second-order valence-electron chi connectivity index (χ2n) is 7.93. The number of rotatable bonds is 11. The van der Waals surface area contributed by atoms with Gasteiger partial charge >= 0.3 is 12.1 Å². The summed E-state index contributed by atoms with van der Waals surface area (Å²) < 4.78 is 5.60. The van der Waals surface area contributed by atoms with Gasteiger partial charge in [0.25, 0.3) is 0 Å². The first-order chi connectivity index (χ1) is 17.0. The molecule has 1 atom stereocenters. The monoisotopic (exact) mass is 511 g/mol. The molecule has 182 valence electrons. The van der Waals surface area contributed by atoms with Crippen molar-refractivity contribution in [3.63, 3.8) is 0 Å². The lowest BCUT2D eigenvalue weighted by molar-refractivity contribution is -0.133. The van der Waals surface area contributed by atoms with Gasteiger partial charge in [0.1, 0.15) is 12.6 Å². The average Bonchev–Trinajstić information content (AvgIpc) is 3.48. The van der Waals surface area contributed by atoms with E-state index in [-0.39, 0.29) is 30.6 Å². The molecule has 1 aliphatic rings. The number of thioether (sulfide) groups is 1. The maximum absolute atomic E-state index is 12.8. The van der Waals surface area contributed by atoms with Gasteiger partial charge in [-0.2, -0.15) is 0 Å². The van der Waals surface area contributed by atoms with Crippen LogP contribution in [0.25, 0.3) is 11.1 Å². The van der Waals surface area contributed by atoms with E-state index in [2.05, 4.69) is 27.8 Å². The summed E-state index contributed by atoms with van der Waals surface area (Å²) in [4.78, 5) is 41.0. The van der Waals surface area contributed by atoms with Crippen molar-refractivity contribution in [3.05, 3.63) is 76.2 Å². The summed E-state index contributed by atoms with van der Waals surface area (Å²) in [6, 6.07) is 15.3. The molecule has 8 nitrogen and oxygen atoms in total. The minimum atomic E-state index is -0.902. The molecular weight excluding hydrogens is 486 g/mol. The lowest BCUT2D eigenvalue weighted by atomic mass is 9.98. The molecule has 1 aliphatic carbocycles. The zero-order valence-electron chi connectivity index (χ0n) is 18.8. The maximum atomic E-state index is 12.8. The topological polar surface area (TPSA) is 118 Å². The van der Waals surface area contributed by atoms with Gasteiger partial charge in [0, 0.05) is 35.7 Å². The number of hydrogen-bond acceptors (Lipinski definition) is 7. The summed E-state index contributed by atoms with van der Waals surface area (Å²) in [5, 5.41) is 14.2. The quantitative estimate of drug-likeness (QED) is 0.337. The second-order valence-corrected chi connectivity index (χ2v) is 10.0. The standard InChI is InChI=1S/C25H25N3O5S2/c29-23(30)14-34-10-9-27-24(31)22(11-16-12-26-15-35-16)28-25(32)33-13-21-19-7-3-1-5-17(19)18-6-2-4-8-20(18)21/h1-8,12,15,21-22H,9-11,13-14H2,(H,27,31)(H,28,32)(H,29,30). The molecule has 2 amide bonds. The minimum absolute atomic E-state index is 0.0296. The third-order valence-electron chi connectivity index (χ3n) is 5.61. The van der Waals surface area contributed by atoms with E-state index in [9.17, 15) is 14.4 Å². The molecule has 0 aliphatic heterocycles. The largest absolute Gasteiger partial charge is 0.481 e. The lowest BCUT2D eigenvalue weighted by Crippen LogP contribution is -2.48. The van der Waals surface area contributed by atoms with Crippen molar-refractivity contribution in [2.75, 3.05) is 24.7 Å². The number of carbonyl (C=O) groups is 3. The number of carboxylic acids is 1. The van der Waals surface area contributed by atoms with Gasteiger partial charge in [-0.15, -0.1) is 23.1 Å². The van der Waals surface area contributed by atoms with Crippen LogP contribution in [-0.2, 0) is 20.7 Å². The molecule has 35 heavy (non-hydrogen) atoms. The number of ether oxygens (including phenoxy) is 1. The van der Waals surface area contributed by atoms with E-state index < -0.39 is 18.1 Å². The van der Waals surface area contributed by atoms with Gasteiger partial charge in [0.05, 0.1) is 11.3 Å². The highest BCUT2D eigenvalue weighted by molar-refractivity contribution is 7.99. The van der Waals surface area contributed by atoms with Crippen molar-refractivity contribution < 1.29 is 24.2 Å². The molecule has 3 N–H and O–H groups in total. The van der Waals surface area contributed by atoms with E-state index in [1.54, 1.807) is 11.7 Å². The molecule has 0 saturated heterocycles. The zero-order chi connectivity index (χ0) is 24.6. The fourth-order valence-electron chi connectivity index (χ4n) is 4.06. The van der Waals surface area contributed by atoms with E-state index in [0.29, 0.717) is 12.3 Å². The Kier molecular flexibility index (Phi) is 8.38. The van der Waals surface area contributed by atoms with Crippen LogP contribution >= 0.6 is 23.1 Å². The molecule has 0 bridgehead atoms. The Morgan fingerprint density at radius 1 is 1.09 bits per heavy atom. The molecule has 0 saturated carbocycles. The van der Waals surface area contributed by atoms with Crippen LogP contribution in [0.5, 0.6) is 0 Å². The molecule has 10 heteroatoms. The summed E-state index contributed by atoms with van der Waals surface area (Å²) in [6.45, 7) is 0.447. The van der Waals surface area contributed by atoms with Crippen LogP contribution in [0, 0.1) is 0 Å². The van der Waals surface area contributed by atoms with Crippen molar-refractivity contribution in [2.45, 2.75) is 18.4 Å². The van der Waals surface area contributed by atoms with Gasteiger partial charge in [-0.1, -0.05) is 48.5 Å². The third-order valence-corrected chi connectivity index (χ3v) is 7.36. The smallest absolute Gasteiger partial charge is 0.407 e. The van der Waals surface area contributed by atoms with Gasteiger partial charge < -0.3 is 20.5 Å². The van der Waals surface area contributed by atoms with Crippen LogP contribution < -0.4 is 10.6 Å². The van der Waals surface area contributed by atoms with Crippen molar-refractivity contribution >= 4 is 41.1 Å².